The third-order valence-electron chi connectivity index (χ3n) is 6.81. The maximum absolute atomic E-state index is 2.46. The van der Waals surface area contributed by atoms with Crippen molar-refractivity contribution in [3.63, 3.8) is 0 Å². The van der Waals surface area contributed by atoms with Crippen molar-refractivity contribution in [1.29, 1.82) is 0 Å². The molecule has 4 aromatic carbocycles. The highest BCUT2D eigenvalue weighted by atomic mass is 32.1. The lowest BCUT2D eigenvalue weighted by molar-refractivity contribution is 0.660. The summed E-state index contributed by atoms with van der Waals surface area (Å²) in [6, 6.07) is 31.7. The topological polar surface area (TPSA) is 0 Å². The van der Waals surface area contributed by atoms with Gasteiger partial charge in [-0.05, 0) is 80.2 Å². The fraction of sp³-hybridized carbons (Fsp3) is 0.133. The average Bonchev–Trinajstić information content (AvgIpc) is 3.39. The molecule has 1 aliphatic rings. The van der Waals surface area contributed by atoms with Gasteiger partial charge in [0.05, 0.1) is 0 Å². The lowest BCUT2D eigenvalue weighted by atomic mass is 9.80. The highest BCUT2D eigenvalue weighted by Gasteiger charge is 2.37. The van der Waals surface area contributed by atoms with Crippen molar-refractivity contribution in [2.75, 3.05) is 0 Å². The van der Waals surface area contributed by atoms with Crippen molar-refractivity contribution in [2.45, 2.75) is 26.2 Å². The Balaban J connectivity index is 1.66. The number of fused-ring (bicyclic) bond motifs is 5. The molecule has 0 saturated heterocycles. The van der Waals surface area contributed by atoms with E-state index < -0.39 is 0 Å². The van der Waals surface area contributed by atoms with E-state index >= 15 is 0 Å². The Bertz CT molecular complexity index is 1450. The Kier molecular flexibility index (Phi) is 4.00. The zero-order valence-electron chi connectivity index (χ0n) is 18.1. The number of rotatable bonds is 2. The Hall–Kier alpha value is -3.16. The van der Waals surface area contributed by atoms with Crippen molar-refractivity contribution in [2.24, 2.45) is 0 Å². The summed E-state index contributed by atoms with van der Waals surface area (Å²) in [6.07, 6.45) is 0. The molecular weight excluding hydrogens is 392 g/mol. The van der Waals surface area contributed by atoms with E-state index in [-0.39, 0.29) is 5.41 Å². The quantitative estimate of drug-likeness (QED) is 0.269. The molecule has 0 aliphatic heterocycles. The zero-order chi connectivity index (χ0) is 21.2. The first-order valence-electron chi connectivity index (χ1n) is 10.9. The summed E-state index contributed by atoms with van der Waals surface area (Å²) >= 11 is 1.80. The van der Waals surface area contributed by atoms with Gasteiger partial charge in [0.2, 0.25) is 0 Å². The molecule has 0 bridgehead atoms. The second-order valence-electron chi connectivity index (χ2n) is 9.12. The SMILES string of the molecule is Cc1ccc2c(c1)C(C)(C)c1cc(-c3cccc(-c4cccs4)c3)c3ccccc3c1-2. The average molecular weight is 417 g/mol. The summed E-state index contributed by atoms with van der Waals surface area (Å²) in [4.78, 5) is 1.32. The molecule has 0 fully saturated rings. The minimum absolute atomic E-state index is 0.0131. The first kappa shape index (κ1) is 18.6. The normalized spacial score (nSPS) is 13.9. The zero-order valence-corrected chi connectivity index (χ0v) is 18.9. The van der Waals surface area contributed by atoms with Gasteiger partial charge in [-0.2, -0.15) is 0 Å². The fourth-order valence-electron chi connectivity index (χ4n) is 5.22. The second-order valence-corrected chi connectivity index (χ2v) is 10.1. The molecule has 0 amide bonds. The van der Waals surface area contributed by atoms with E-state index in [1.54, 1.807) is 11.3 Å². The van der Waals surface area contributed by atoms with Crippen molar-refractivity contribution >= 4 is 22.1 Å². The van der Waals surface area contributed by atoms with E-state index in [2.05, 4.69) is 111 Å². The Morgan fingerprint density at radius 2 is 1.45 bits per heavy atom. The smallest absolute Gasteiger partial charge is 0.0342 e. The Labute approximate surface area is 187 Å². The summed E-state index contributed by atoms with van der Waals surface area (Å²) in [5.41, 5.74) is 10.9. The van der Waals surface area contributed by atoms with Crippen LogP contribution in [0, 0.1) is 6.92 Å². The largest absolute Gasteiger partial charge is 0.144 e. The van der Waals surface area contributed by atoms with Gasteiger partial charge in [-0.15, -0.1) is 11.3 Å². The van der Waals surface area contributed by atoms with E-state index in [0.29, 0.717) is 0 Å². The second kappa shape index (κ2) is 6.67. The molecule has 1 heterocycles. The Morgan fingerprint density at radius 1 is 0.645 bits per heavy atom. The van der Waals surface area contributed by atoms with Crippen LogP contribution in [0.2, 0.25) is 0 Å². The summed E-state index contributed by atoms with van der Waals surface area (Å²) in [5.74, 6) is 0. The van der Waals surface area contributed by atoms with E-state index in [9.17, 15) is 0 Å². The fourth-order valence-corrected chi connectivity index (χ4v) is 5.94. The van der Waals surface area contributed by atoms with Crippen LogP contribution in [0.25, 0.3) is 43.5 Å². The van der Waals surface area contributed by atoms with Gasteiger partial charge in [-0.3, -0.25) is 0 Å². The van der Waals surface area contributed by atoms with Crippen molar-refractivity contribution < 1.29 is 0 Å². The molecule has 6 rings (SSSR count). The molecule has 0 radical (unpaired) electrons. The molecule has 0 atom stereocenters. The summed E-state index contributed by atoms with van der Waals surface area (Å²) in [7, 11) is 0. The van der Waals surface area contributed by atoms with Crippen LogP contribution in [0.5, 0.6) is 0 Å². The highest BCUT2D eigenvalue weighted by Crippen LogP contribution is 2.53. The van der Waals surface area contributed by atoms with Crippen LogP contribution in [0.4, 0.5) is 0 Å². The number of thiophene rings is 1. The molecular formula is C30H24S. The Morgan fingerprint density at radius 3 is 2.26 bits per heavy atom. The molecule has 31 heavy (non-hydrogen) atoms. The third kappa shape index (κ3) is 2.73. The third-order valence-corrected chi connectivity index (χ3v) is 7.73. The van der Waals surface area contributed by atoms with Crippen molar-refractivity contribution in [1.82, 2.24) is 0 Å². The van der Waals surface area contributed by atoms with Gasteiger partial charge < -0.3 is 0 Å². The van der Waals surface area contributed by atoms with Crippen LogP contribution in [0.15, 0.2) is 90.3 Å². The lowest BCUT2D eigenvalue weighted by Gasteiger charge is -2.23. The lowest BCUT2D eigenvalue weighted by Crippen LogP contribution is -2.15. The van der Waals surface area contributed by atoms with Crippen LogP contribution in [0.1, 0.15) is 30.5 Å². The van der Waals surface area contributed by atoms with Crippen molar-refractivity contribution in [3.8, 4) is 32.7 Å². The van der Waals surface area contributed by atoms with Crippen LogP contribution < -0.4 is 0 Å². The van der Waals surface area contributed by atoms with Gasteiger partial charge in [0, 0.05) is 10.3 Å². The molecule has 1 heteroatoms. The molecule has 0 saturated carbocycles. The molecule has 0 unspecified atom stereocenters. The number of aryl methyl sites for hydroxylation is 1. The highest BCUT2D eigenvalue weighted by molar-refractivity contribution is 7.13. The van der Waals surface area contributed by atoms with E-state index in [1.165, 1.54) is 60.2 Å². The molecule has 1 aromatic heterocycles. The van der Waals surface area contributed by atoms with Gasteiger partial charge in [0.15, 0.2) is 0 Å². The summed E-state index contributed by atoms with van der Waals surface area (Å²) in [5, 5.41) is 4.83. The minimum Gasteiger partial charge on any atom is -0.144 e. The molecule has 0 N–H and O–H groups in total. The molecule has 0 spiro atoms. The number of hydrogen-bond donors (Lipinski definition) is 0. The summed E-state index contributed by atoms with van der Waals surface area (Å²) in [6.45, 7) is 6.94. The standard InChI is InChI=1S/C30H24S/c1-19-13-14-24-26(16-19)30(2,3)27-18-25(22-10-4-5-11-23(22)29(24)27)20-8-6-9-21(17-20)28-12-7-15-31-28/h4-18H,1-3H3. The van der Waals surface area contributed by atoms with Crippen LogP contribution in [-0.2, 0) is 5.41 Å². The van der Waals surface area contributed by atoms with E-state index in [4.69, 9.17) is 0 Å². The molecule has 150 valence electrons. The first-order valence-corrected chi connectivity index (χ1v) is 11.7. The maximum Gasteiger partial charge on any atom is 0.0342 e. The molecule has 0 nitrogen and oxygen atoms in total. The van der Waals surface area contributed by atoms with E-state index in [0.717, 1.165) is 0 Å². The molecule has 5 aromatic rings. The van der Waals surface area contributed by atoms with Gasteiger partial charge >= 0.3 is 0 Å². The number of benzene rings is 4. The minimum atomic E-state index is -0.0131. The maximum atomic E-state index is 2.46. The predicted octanol–water partition coefficient (Wildman–Crippen LogP) is 8.85. The van der Waals surface area contributed by atoms with Gasteiger partial charge in [-0.25, -0.2) is 0 Å². The molecule has 1 aliphatic carbocycles. The van der Waals surface area contributed by atoms with Gasteiger partial charge in [0.1, 0.15) is 0 Å². The van der Waals surface area contributed by atoms with Gasteiger partial charge in [0.25, 0.3) is 0 Å². The van der Waals surface area contributed by atoms with Crippen molar-refractivity contribution in [3.05, 3.63) is 107 Å². The van der Waals surface area contributed by atoms with E-state index in [1.807, 2.05) is 0 Å². The van der Waals surface area contributed by atoms with Crippen LogP contribution in [0.3, 0.4) is 0 Å². The monoisotopic (exact) mass is 416 g/mol. The van der Waals surface area contributed by atoms with Crippen LogP contribution in [-0.4, -0.2) is 0 Å². The summed E-state index contributed by atoms with van der Waals surface area (Å²) < 4.78 is 0. The first-order chi connectivity index (χ1) is 15.0. The predicted molar refractivity (Wildman–Crippen MR) is 135 cm³/mol. The number of hydrogen-bond acceptors (Lipinski definition) is 1. The van der Waals surface area contributed by atoms with Crippen LogP contribution >= 0.6 is 11.3 Å². The van der Waals surface area contributed by atoms with Gasteiger partial charge in [-0.1, -0.05) is 86.1 Å².